The first kappa shape index (κ1) is 18.5. The van der Waals surface area contributed by atoms with Crippen LogP contribution in [-0.2, 0) is 5.60 Å². The molecule has 1 aliphatic heterocycles. The highest BCUT2D eigenvalue weighted by Crippen LogP contribution is 2.30. The van der Waals surface area contributed by atoms with Crippen LogP contribution in [0.3, 0.4) is 0 Å². The number of benzene rings is 1. The maximum Gasteiger partial charge on any atom is 0.0908 e. The van der Waals surface area contributed by atoms with Crippen molar-refractivity contribution < 1.29 is 5.11 Å². The summed E-state index contributed by atoms with van der Waals surface area (Å²) in [7, 11) is 0. The summed E-state index contributed by atoms with van der Waals surface area (Å²) in [5, 5.41) is 11.1. The van der Waals surface area contributed by atoms with E-state index in [1.54, 1.807) is 0 Å². The Morgan fingerprint density at radius 1 is 1.00 bits per heavy atom. The smallest absolute Gasteiger partial charge is 0.0908 e. The summed E-state index contributed by atoms with van der Waals surface area (Å²) in [5.41, 5.74) is 0.430. The first-order valence-electron chi connectivity index (χ1n) is 8.25. The third-order valence-corrected chi connectivity index (χ3v) is 4.52. The second kappa shape index (κ2) is 9.45. The molecule has 1 heterocycles. The standard InChI is InChI=1S/C18H29NO.ClH/c1-2-12-18(20,17-10-6-5-7-11-17)13-16-19-14-8-3-4-9-15-19;/h5-7,10-11,20H,2-4,8-9,12-16H2,1H3;1H. The van der Waals surface area contributed by atoms with Crippen molar-refractivity contribution in [3.63, 3.8) is 0 Å². The molecule has 1 aromatic carbocycles. The zero-order valence-corrected chi connectivity index (χ0v) is 14.1. The summed E-state index contributed by atoms with van der Waals surface area (Å²) in [5.74, 6) is 0. The molecule has 3 heteroatoms. The van der Waals surface area contributed by atoms with Crippen LogP contribution in [0.15, 0.2) is 30.3 Å². The van der Waals surface area contributed by atoms with E-state index in [0.29, 0.717) is 0 Å². The van der Waals surface area contributed by atoms with Gasteiger partial charge in [-0.05, 0) is 44.3 Å². The Morgan fingerprint density at radius 3 is 2.19 bits per heavy atom. The molecule has 21 heavy (non-hydrogen) atoms. The summed E-state index contributed by atoms with van der Waals surface area (Å²) >= 11 is 0. The Balaban J connectivity index is 0.00000220. The van der Waals surface area contributed by atoms with Crippen molar-refractivity contribution in [3.05, 3.63) is 35.9 Å². The fraction of sp³-hybridized carbons (Fsp3) is 0.667. The lowest BCUT2D eigenvalue weighted by Gasteiger charge is -2.31. The second-order valence-corrected chi connectivity index (χ2v) is 6.15. The molecule has 0 spiro atoms. The summed E-state index contributed by atoms with van der Waals surface area (Å²) in [6, 6.07) is 10.2. The lowest BCUT2D eigenvalue weighted by Crippen LogP contribution is -2.34. The van der Waals surface area contributed by atoms with Crippen LogP contribution in [0.25, 0.3) is 0 Å². The van der Waals surface area contributed by atoms with E-state index in [4.69, 9.17) is 0 Å². The monoisotopic (exact) mass is 311 g/mol. The van der Waals surface area contributed by atoms with Crippen LogP contribution >= 0.6 is 12.4 Å². The van der Waals surface area contributed by atoms with Gasteiger partial charge in [0.15, 0.2) is 0 Å². The molecule has 1 saturated heterocycles. The zero-order valence-electron chi connectivity index (χ0n) is 13.3. The molecule has 1 unspecified atom stereocenters. The van der Waals surface area contributed by atoms with Gasteiger partial charge in [0.25, 0.3) is 0 Å². The molecular formula is C18H30ClNO. The number of aliphatic hydroxyl groups is 1. The Kier molecular flexibility index (Phi) is 8.31. The molecule has 1 fully saturated rings. The van der Waals surface area contributed by atoms with Gasteiger partial charge in [0.1, 0.15) is 0 Å². The molecule has 2 nitrogen and oxygen atoms in total. The first-order chi connectivity index (χ1) is 9.74. The number of halogens is 1. The fourth-order valence-corrected chi connectivity index (χ4v) is 3.28. The van der Waals surface area contributed by atoms with Crippen LogP contribution < -0.4 is 0 Å². The first-order valence-corrected chi connectivity index (χ1v) is 8.25. The molecule has 120 valence electrons. The average molecular weight is 312 g/mol. The molecule has 2 rings (SSSR count). The van der Waals surface area contributed by atoms with Crippen LogP contribution in [-0.4, -0.2) is 29.6 Å². The van der Waals surface area contributed by atoms with Crippen molar-refractivity contribution in [2.45, 2.75) is 57.5 Å². The highest BCUT2D eigenvalue weighted by molar-refractivity contribution is 5.85. The Bertz CT molecular complexity index is 376. The lowest BCUT2D eigenvalue weighted by atomic mass is 9.86. The van der Waals surface area contributed by atoms with E-state index in [2.05, 4.69) is 24.0 Å². The van der Waals surface area contributed by atoms with Crippen molar-refractivity contribution >= 4 is 12.4 Å². The SMILES string of the molecule is CCCC(O)(CCN1CCCCCC1)c1ccccc1.Cl. The van der Waals surface area contributed by atoms with Crippen molar-refractivity contribution in [2.75, 3.05) is 19.6 Å². The van der Waals surface area contributed by atoms with E-state index < -0.39 is 5.60 Å². The Labute approximate surface area is 136 Å². The largest absolute Gasteiger partial charge is 0.385 e. The van der Waals surface area contributed by atoms with E-state index in [1.807, 2.05) is 18.2 Å². The molecule has 0 aliphatic carbocycles. The molecule has 0 aromatic heterocycles. The molecule has 1 N–H and O–H groups in total. The van der Waals surface area contributed by atoms with E-state index in [1.165, 1.54) is 38.8 Å². The van der Waals surface area contributed by atoms with Gasteiger partial charge in [-0.3, -0.25) is 0 Å². The lowest BCUT2D eigenvalue weighted by molar-refractivity contribution is 0.00826. The average Bonchev–Trinajstić information content (AvgIpc) is 2.75. The molecule has 0 amide bonds. The third kappa shape index (κ3) is 5.61. The zero-order chi connectivity index (χ0) is 14.3. The summed E-state index contributed by atoms with van der Waals surface area (Å²) < 4.78 is 0. The van der Waals surface area contributed by atoms with Gasteiger partial charge in [0.05, 0.1) is 5.60 Å². The predicted molar refractivity (Wildman–Crippen MR) is 92.0 cm³/mol. The van der Waals surface area contributed by atoms with Gasteiger partial charge in [-0.25, -0.2) is 0 Å². The predicted octanol–water partition coefficient (Wildman–Crippen LogP) is 4.36. The van der Waals surface area contributed by atoms with Gasteiger partial charge < -0.3 is 10.0 Å². The summed E-state index contributed by atoms with van der Waals surface area (Å²) in [6.45, 7) is 5.58. The van der Waals surface area contributed by atoms with Crippen LogP contribution in [0, 0.1) is 0 Å². The van der Waals surface area contributed by atoms with Gasteiger partial charge in [-0.2, -0.15) is 0 Å². The van der Waals surface area contributed by atoms with Crippen molar-refractivity contribution in [2.24, 2.45) is 0 Å². The maximum absolute atomic E-state index is 11.1. The number of hydrogen-bond acceptors (Lipinski definition) is 2. The normalized spacial score (nSPS) is 19.3. The second-order valence-electron chi connectivity index (χ2n) is 6.15. The number of likely N-dealkylation sites (tertiary alicyclic amines) is 1. The van der Waals surface area contributed by atoms with Crippen LogP contribution in [0.5, 0.6) is 0 Å². The van der Waals surface area contributed by atoms with Gasteiger partial charge >= 0.3 is 0 Å². The van der Waals surface area contributed by atoms with Crippen LogP contribution in [0.2, 0.25) is 0 Å². The van der Waals surface area contributed by atoms with Crippen LogP contribution in [0.4, 0.5) is 0 Å². The molecular weight excluding hydrogens is 282 g/mol. The molecule has 1 atom stereocenters. The van der Waals surface area contributed by atoms with E-state index >= 15 is 0 Å². The van der Waals surface area contributed by atoms with Gasteiger partial charge in [0.2, 0.25) is 0 Å². The maximum atomic E-state index is 11.1. The van der Waals surface area contributed by atoms with Crippen molar-refractivity contribution in [3.8, 4) is 0 Å². The summed E-state index contributed by atoms with van der Waals surface area (Å²) in [4.78, 5) is 2.54. The third-order valence-electron chi connectivity index (χ3n) is 4.52. The topological polar surface area (TPSA) is 23.5 Å². The number of nitrogens with zero attached hydrogens (tertiary/aromatic N) is 1. The molecule has 0 bridgehead atoms. The minimum atomic E-state index is -0.650. The molecule has 0 radical (unpaired) electrons. The fourth-order valence-electron chi connectivity index (χ4n) is 3.28. The molecule has 0 saturated carbocycles. The summed E-state index contributed by atoms with van der Waals surface area (Å²) in [6.07, 6.45) is 8.10. The highest BCUT2D eigenvalue weighted by atomic mass is 35.5. The van der Waals surface area contributed by atoms with Gasteiger partial charge in [0, 0.05) is 6.54 Å². The molecule has 1 aliphatic rings. The van der Waals surface area contributed by atoms with Gasteiger partial charge in [-0.1, -0.05) is 56.5 Å². The molecule has 1 aromatic rings. The van der Waals surface area contributed by atoms with Gasteiger partial charge in [-0.15, -0.1) is 12.4 Å². The van der Waals surface area contributed by atoms with Crippen LogP contribution in [0.1, 0.15) is 57.4 Å². The van der Waals surface area contributed by atoms with E-state index in [0.717, 1.165) is 31.4 Å². The number of hydrogen-bond donors (Lipinski definition) is 1. The van der Waals surface area contributed by atoms with E-state index in [-0.39, 0.29) is 12.4 Å². The Morgan fingerprint density at radius 2 is 1.62 bits per heavy atom. The quantitative estimate of drug-likeness (QED) is 0.843. The minimum absolute atomic E-state index is 0. The van der Waals surface area contributed by atoms with E-state index in [9.17, 15) is 5.11 Å². The number of rotatable bonds is 6. The van der Waals surface area contributed by atoms with Crippen molar-refractivity contribution in [1.82, 2.24) is 4.90 Å². The van der Waals surface area contributed by atoms with Crippen molar-refractivity contribution in [1.29, 1.82) is 0 Å². The Hall–Kier alpha value is -0.570. The minimum Gasteiger partial charge on any atom is -0.385 e. The highest BCUT2D eigenvalue weighted by Gasteiger charge is 2.28.